The molecule has 1 aliphatic carbocycles. The molecule has 1 atom stereocenters. The van der Waals surface area contributed by atoms with Gasteiger partial charge in [0.2, 0.25) is 0 Å². The summed E-state index contributed by atoms with van der Waals surface area (Å²) in [5, 5.41) is 3.28. The van der Waals surface area contributed by atoms with Crippen LogP contribution in [0.3, 0.4) is 0 Å². The number of hydrogen-bond acceptors (Lipinski definition) is 3. The molecule has 0 amide bonds. The van der Waals surface area contributed by atoms with Crippen LogP contribution in [0.15, 0.2) is 24.3 Å². The molecule has 0 radical (unpaired) electrons. The summed E-state index contributed by atoms with van der Waals surface area (Å²) >= 11 is 0. The Hall–Kier alpha value is -1.42. The molecule has 4 heteroatoms. The summed E-state index contributed by atoms with van der Waals surface area (Å²) in [4.78, 5) is 12.2. The monoisotopic (exact) mass is 265 g/mol. The van der Waals surface area contributed by atoms with E-state index in [0.717, 1.165) is 12.1 Å². The predicted molar refractivity (Wildman–Crippen MR) is 71.1 cm³/mol. The van der Waals surface area contributed by atoms with Gasteiger partial charge in [0.05, 0.1) is 6.61 Å². The zero-order chi connectivity index (χ0) is 13.9. The van der Waals surface area contributed by atoms with Crippen molar-refractivity contribution < 1.29 is 13.9 Å². The summed E-state index contributed by atoms with van der Waals surface area (Å²) in [6.45, 7) is 4.69. The molecule has 1 unspecified atom stereocenters. The molecule has 0 aliphatic heterocycles. The SMILES string of the molecule is CCOC(=O)C(C)(NCC1CC1)c1ccc(F)cc1. The molecule has 3 nitrogen and oxygen atoms in total. The highest BCUT2D eigenvalue weighted by Crippen LogP contribution is 2.30. The Balaban J connectivity index is 2.20. The van der Waals surface area contributed by atoms with Crippen molar-refractivity contribution in [1.29, 1.82) is 0 Å². The molecule has 2 rings (SSSR count). The Morgan fingerprint density at radius 2 is 2.05 bits per heavy atom. The fraction of sp³-hybridized carbons (Fsp3) is 0.533. The molecule has 1 aromatic carbocycles. The van der Waals surface area contributed by atoms with Crippen molar-refractivity contribution in [2.24, 2.45) is 5.92 Å². The molecule has 104 valence electrons. The Kier molecular flexibility index (Phi) is 4.20. The van der Waals surface area contributed by atoms with Crippen molar-refractivity contribution in [2.75, 3.05) is 13.2 Å². The van der Waals surface area contributed by atoms with Crippen LogP contribution in [0.5, 0.6) is 0 Å². The van der Waals surface area contributed by atoms with Gasteiger partial charge in [0.15, 0.2) is 0 Å². The minimum absolute atomic E-state index is 0.308. The maximum atomic E-state index is 13.0. The van der Waals surface area contributed by atoms with E-state index in [9.17, 15) is 9.18 Å². The van der Waals surface area contributed by atoms with Crippen molar-refractivity contribution in [1.82, 2.24) is 5.32 Å². The number of rotatable bonds is 6. The van der Waals surface area contributed by atoms with Crippen molar-refractivity contribution in [2.45, 2.75) is 32.2 Å². The van der Waals surface area contributed by atoms with Crippen LogP contribution in [0.25, 0.3) is 0 Å². The van der Waals surface area contributed by atoms with Crippen molar-refractivity contribution in [3.63, 3.8) is 0 Å². The first-order chi connectivity index (χ1) is 9.06. The first-order valence-corrected chi connectivity index (χ1v) is 6.74. The lowest BCUT2D eigenvalue weighted by Gasteiger charge is -2.29. The van der Waals surface area contributed by atoms with Crippen molar-refractivity contribution in [3.05, 3.63) is 35.6 Å². The molecule has 1 saturated carbocycles. The highest BCUT2D eigenvalue weighted by atomic mass is 19.1. The highest BCUT2D eigenvalue weighted by molar-refractivity contribution is 5.82. The fourth-order valence-corrected chi connectivity index (χ4v) is 2.02. The topological polar surface area (TPSA) is 38.3 Å². The summed E-state index contributed by atoms with van der Waals surface area (Å²) < 4.78 is 18.2. The van der Waals surface area contributed by atoms with Crippen LogP contribution >= 0.6 is 0 Å². The normalized spacial score (nSPS) is 17.8. The molecule has 1 aliphatic rings. The van der Waals surface area contributed by atoms with Gasteiger partial charge in [-0.25, -0.2) is 9.18 Å². The van der Waals surface area contributed by atoms with Gasteiger partial charge >= 0.3 is 5.97 Å². The van der Waals surface area contributed by atoms with E-state index < -0.39 is 5.54 Å². The van der Waals surface area contributed by atoms with Gasteiger partial charge in [-0.05, 0) is 56.8 Å². The number of carbonyl (C=O) groups is 1. The highest BCUT2D eigenvalue weighted by Gasteiger charge is 2.38. The zero-order valence-electron chi connectivity index (χ0n) is 11.4. The van der Waals surface area contributed by atoms with Gasteiger partial charge in [0.1, 0.15) is 11.4 Å². The van der Waals surface area contributed by atoms with Crippen LogP contribution in [0, 0.1) is 11.7 Å². The second-order valence-electron chi connectivity index (χ2n) is 5.18. The molecule has 0 bridgehead atoms. The van der Waals surface area contributed by atoms with Crippen molar-refractivity contribution >= 4 is 5.97 Å². The minimum Gasteiger partial charge on any atom is -0.464 e. The number of hydrogen-bond donors (Lipinski definition) is 1. The second kappa shape index (κ2) is 5.70. The Morgan fingerprint density at radius 1 is 1.42 bits per heavy atom. The largest absolute Gasteiger partial charge is 0.464 e. The summed E-state index contributed by atoms with van der Waals surface area (Å²) in [5.74, 6) is 0.0219. The molecule has 1 aromatic rings. The lowest BCUT2D eigenvalue weighted by atomic mass is 9.91. The van der Waals surface area contributed by atoms with Gasteiger partial charge in [0, 0.05) is 0 Å². The standard InChI is InChI=1S/C15H20FNO2/c1-3-19-14(18)15(2,17-10-11-4-5-11)12-6-8-13(16)9-7-12/h6-9,11,17H,3-5,10H2,1-2H3. The van der Waals surface area contributed by atoms with Gasteiger partial charge in [-0.15, -0.1) is 0 Å². The third kappa shape index (κ3) is 3.32. The predicted octanol–water partition coefficient (Wildman–Crippen LogP) is 2.60. The van der Waals surface area contributed by atoms with E-state index in [4.69, 9.17) is 4.74 Å². The van der Waals surface area contributed by atoms with Gasteiger partial charge in [-0.1, -0.05) is 12.1 Å². The average Bonchev–Trinajstić information content (AvgIpc) is 3.21. The number of nitrogens with one attached hydrogen (secondary N) is 1. The van der Waals surface area contributed by atoms with Crippen LogP contribution in [0.2, 0.25) is 0 Å². The lowest BCUT2D eigenvalue weighted by molar-refractivity contribution is -0.151. The van der Waals surface area contributed by atoms with E-state index in [-0.39, 0.29) is 11.8 Å². The van der Waals surface area contributed by atoms with E-state index >= 15 is 0 Å². The third-order valence-electron chi connectivity index (χ3n) is 3.55. The van der Waals surface area contributed by atoms with E-state index in [2.05, 4.69) is 5.32 Å². The van der Waals surface area contributed by atoms with Crippen LogP contribution in [-0.2, 0) is 15.1 Å². The van der Waals surface area contributed by atoms with Crippen LogP contribution in [-0.4, -0.2) is 19.1 Å². The van der Waals surface area contributed by atoms with Crippen molar-refractivity contribution in [3.8, 4) is 0 Å². The Labute approximate surface area is 113 Å². The molecule has 0 aromatic heterocycles. The molecule has 0 heterocycles. The Morgan fingerprint density at radius 3 is 2.58 bits per heavy atom. The number of esters is 1. The lowest BCUT2D eigenvalue weighted by Crippen LogP contribution is -2.48. The number of ether oxygens (including phenoxy) is 1. The number of halogens is 1. The molecule has 0 spiro atoms. The van der Waals surface area contributed by atoms with Gasteiger partial charge in [-0.3, -0.25) is 5.32 Å². The van der Waals surface area contributed by atoms with Gasteiger partial charge in [-0.2, -0.15) is 0 Å². The number of carbonyl (C=O) groups excluding carboxylic acids is 1. The molecule has 19 heavy (non-hydrogen) atoms. The summed E-state index contributed by atoms with van der Waals surface area (Å²) in [7, 11) is 0. The second-order valence-corrected chi connectivity index (χ2v) is 5.18. The van der Waals surface area contributed by atoms with Crippen LogP contribution in [0.4, 0.5) is 4.39 Å². The first-order valence-electron chi connectivity index (χ1n) is 6.74. The molecular formula is C15H20FNO2. The van der Waals surface area contributed by atoms with Gasteiger partial charge in [0.25, 0.3) is 0 Å². The fourth-order valence-electron chi connectivity index (χ4n) is 2.02. The number of benzene rings is 1. The molecular weight excluding hydrogens is 245 g/mol. The summed E-state index contributed by atoms with van der Waals surface area (Å²) in [6.07, 6.45) is 2.41. The quantitative estimate of drug-likeness (QED) is 0.803. The summed E-state index contributed by atoms with van der Waals surface area (Å²) in [5.41, 5.74) is -0.181. The molecule has 0 saturated heterocycles. The Bertz CT molecular complexity index is 442. The average molecular weight is 265 g/mol. The minimum atomic E-state index is -0.910. The third-order valence-corrected chi connectivity index (χ3v) is 3.55. The summed E-state index contributed by atoms with van der Waals surface area (Å²) in [6, 6.07) is 6.00. The molecule has 1 N–H and O–H groups in total. The van der Waals surface area contributed by atoms with E-state index in [0.29, 0.717) is 12.5 Å². The maximum Gasteiger partial charge on any atom is 0.330 e. The van der Waals surface area contributed by atoms with E-state index in [1.54, 1.807) is 26.0 Å². The molecule has 1 fully saturated rings. The maximum absolute atomic E-state index is 13.0. The zero-order valence-corrected chi connectivity index (χ0v) is 11.4. The van der Waals surface area contributed by atoms with Gasteiger partial charge < -0.3 is 4.74 Å². The van der Waals surface area contributed by atoms with E-state index in [1.165, 1.54) is 25.0 Å². The van der Waals surface area contributed by atoms with Crippen LogP contribution in [0.1, 0.15) is 32.3 Å². The first kappa shape index (κ1) is 14.0. The van der Waals surface area contributed by atoms with Crippen LogP contribution < -0.4 is 5.32 Å². The van der Waals surface area contributed by atoms with E-state index in [1.807, 2.05) is 0 Å². The smallest absolute Gasteiger partial charge is 0.330 e.